The van der Waals surface area contributed by atoms with Crippen molar-refractivity contribution in [1.29, 1.82) is 0 Å². The molecule has 2 aliphatic rings. The summed E-state index contributed by atoms with van der Waals surface area (Å²) in [6.07, 6.45) is 1.24. The van der Waals surface area contributed by atoms with Crippen molar-refractivity contribution >= 4 is 18.0 Å². The number of fused-ring (bicyclic) bond motifs is 3. The molecular weight excluding hydrogens is 432 g/mol. The number of alkyl carbamates (subject to hydrolysis) is 1. The Bertz CT molecular complexity index is 1040. The lowest BCUT2D eigenvalue weighted by molar-refractivity contribution is -0.142. The molecule has 3 atom stereocenters. The van der Waals surface area contributed by atoms with Crippen LogP contribution in [0.15, 0.2) is 48.5 Å². The molecule has 180 valence electrons. The highest BCUT2D eigenvalue weighted by Gasteiger charge is 2.39. The lowest BCUT2D eigenvalue weighted by Gasteiger charge is -2.31. The fourth-order valence-corrected chi connectivity index (χ4v) is 5.13. The molecule has 4 rings (SSSR count). The van der Waals surface area contributed by atoms with E-state index in [0.717, 1.165) is 28.7 Å². The Kier molecular flexibility index (Phi) is 6.64. The summed E-state index contributed by atoms with van der Waals surface area (Å²) in [4.78, 5) is 37.3. The van der Waals surface area contributed by atoms with E-state index in [1.165, 1.54) is 0 Å². The van der Waals surface area contributed by atoms with Crippen molar-refractivity contribution in [2.45, 2.75) is 58.0 Å². The number of amides is 2. The Balaban J connectivity index is 1.42. The van der Waals surface area contributed by atoms with Gasteiger partial charge in [-0.15, -0.1) is 0 Å². The smallest absolute Gasteiger partial charge is 0.407 e. The number of benzene rings is 2. The maximum absolute atomic E-state index is 13.1. The average Bonchev–Trinajstić information content (AvgIpc) is 3.38. The van der Waals surface area contributed by atoms with E-state index in [4.69, 9.17) is 4.74 Å². The van der Waals surface area contributed by atoms with Gasteiger partial charge in [-0.3, -0.25) is 9.59 Å². The van der Waals surface area contributed by atoms with Crippen molar-refractivity contribution in [3.05, 3.63) is 59.7 Å². The molecule has 1 fully saturated rings. The van der Waals surface area contributed by atoms with Crippen molar-refractivity contribution in [2.75, 3.05) is 6.61 Å². The van der Waals surface area contributed by atoms with Gasteiger partial charge in [-0.25, -0.2) is 4.79 Å². The molecule has 0 saturated heterocycles. The van der Waals surface area contributed by atoms with Crippen molar-refractivity contribution in [3.8, 4) is 11.1 Å². The van der Waals surface area contributed by atoms with Crippen LogP contribution >= 0.6 is 0 Å². The zero-order valence-corrected chi connectivity index (χ0v) is 19.8. The van der Waals surface area contributed by atoms with Gasteiger partial charge in [0.1, 0.15) is 12.6 Å². The van der Waals surface area contributed by atoms with Crippen LogP contribution in [0, 0.1) is 11.3 Å². The predicted octanol–water partition coefficient (Wildman–Crippen LogP) is 4.31. The maximum Gasteiger partial charge on any atom is 0.407 e. The van der Waals surface area contributed by atoms with E-state index in [-0.39, 0.29) is 18.4 Å². The van der Waals surface area contributed by atoms with E-state index in [1.54, 1.807) is 0 Å². The fraction of sp³-hybridized carbons (Fsp3) is 0.444. The molecule has 7 nitrogen and oxygen atoms in total. The number of carbonyl (C=O) groups is 3. The number of hydrogen-bond acceptors (Lipinski definition) is 4. The summed E-state index contributed by atoms with van der Waals surface area (Å²) in [7, 11) is 0. The molecule has 0 unspecified atom stereocenters. The minimum Gasteiger partial charge on any atom is -0.481 e. The largest absolute Gasteiger partial charge is 0.481 e. The van der Waals surface area contributed by atoms with Crippen LogP contribution in [0.1, 0.15) is 57.1 Å². The van der Waals surface area contributed by atoms with Crippen LogP contribution in [-0.4, -0.2) is 41.8 Å². The Hall–Kier alpha value is -3.35. The third-order valence-corrected chi connectivity index (χ3v) is 6.89. The number of rotatable bonds is 6. The number of carboxylic acids is 1. The Morgan fingerprint density at radius 2 is 1.59 bits per heavy atom. The van der Waals surface area contributed by atoms with Crippen LogP contribution in [0.4, 0.5) is 4.79 Å². The molecular formula is C27H32N2O5. The second kappa shape index (κ2) is 9.49. The number of carbonyl (C=O) groups excluding carboxylic acids is 2. The molecule has 0 heterocycles. The SMILES string of the molecule is CC(C)(C)[C@@H](NC(=O)OCC1c2ccccc2-c2ccccc21)C(=O)N[C@H]1CCC[C@H]1C(=O)O. The summed E-state index contributed by atoms with van der Waals surface area (Å²) in [5.41, 5.74) is 3.92. The Labute approximate surface area is 199 Å². The fourth-order valence-electron chi connectivity index (χ4n) is 5.13. The van der Waals surface area contributed by atoms with Gasteiger partial charge in [0.2, 0.25) is 5.91 Å². The Morgan fingerprint density at radius 1 is 1.00 bits per heavy atom. The van der Waals surface area contributed by atoms with Gasteiger partial charge in [-0.1, -0.05) is 75.7 Å². The van der Waals surface area contributed by atoms with E-state index in [0.29, 0.717) is 12.8 Å². The molecule has 2 amide bonds. The number of ether oxygens (including phenoxy) is 1. The first-order chi connectivity index (χ1) is 16.2. The minimum absolute atomic E-state index is 0.0742. The second-order valence-electron chi connectivity index (χ2n) is 10.3. The lowest BCUT2D eigenvalue weighted by atomic mass is 9.86. The lowest BCUT2D eigenvalue weighted by Crippen LogP contribution is -2.56. The molecule has 0 aliphatic heterocycles. The van der Waals surface area contributed by atoms with Crippen LogP contribution in [0.3, 0.4) is 0 Å². The topological polar surface area (TPSA) is 105 Å². The van der Waals surface area contributed by atoms with Crippen molar-refractivity contribution in [1.82, 2.24) is 10.6 Å². The molecule has 0 radical (unpaired) electrons. The second-order valence-corrected chi connectivity index (χ2v) is 10.3. The van der Waals surface area contributed by atoms with Gasteiger partial charge in [-0.2, -0.15) is 0 Å². The quantitative estimate of drug-likeness (QED) is 0.591. The third-order valence-electron chi connectivity index (χ3n) is 6.89. The zero-order valence-electron chi connectivity index (χ0n) is 19.8. The maximum atomic E-state index is 13.1. The van der Waals surface area contributed by atoms with Gasteiger partial charge in [-0.05, 0) is 40.5 Å². The number of aliphatic carboxylic acids is 1. The van der Waals surface area contributed by atoms with Gasteiger partial charge in [0.25, 0.3) is 0 Å². The van der Waals surface area contributed by atoms with E-state index in [2.05, 4.69) is 22.8 Å². The molecule has 3 N–H and O–H groups in total. The highest BCUT2D eigenvalue weighted by atomic mass is 16.5. The predicted molar refractivity (Wildman–Crippen MR) is 128 cm³/mol. The normalized spacial score (nSPS) is 20.2. The van der Waals surface area contributed by atoms with Crippen LogP contribution in [0.2, 0.25) is 0 Å². The van der Waals surface area contributed by atoms with Crippen molar-refractivity contribution < 1.29 is 24.2 Å². The van der Waals surface area contributed by atoms with Gasteiger partial charge >= 0.3 is 12.1 Å². The first-order valence-electron chi connectivity index (χ1n) is 11.8. The molecule has 2 aliphatic carbocycles. The van der Waals surface area contributed by atoms with Crippen LogP contribution in [-0.2, 0) is 14.3 Å². The molecule has 2 aromatic carbocycles. The van der Waals surface area contributed by atoms with E-state index in [1.807, 2.05) is 57.2 Å². The summed E-state index contributed by atoms with van der Waals surface area (Å²) >= 11 is 0. The van der Waals surface area contributed by atoms with Gasteiger partial charge < -0.3 is 20.5 Å². The van der Waals surface area contributed by atoms with Crippen LogP contribution in [0.25, 0.3) is 11.1 Å². The number of nitrogens with one attached hydrogen (secondary N) is 2. The van der Waals surface area contributed by atoms with Gasteiger partial charge in [0, 0.05) is 12.0 Å². The minimum atomic E-state index is -0.903. The average molecular weight is 465 g/mol. The van der Waals surface area contributed by atoms with E-state index < -0.39 is 35.5 Å². The number of hydrogen-bond donors (Lipinski definition) is 3. The number of carboxylic acid groups (broad SMARTS) is 1. The first kappa shape index (κ1) is 23.8. The van der Waals surface area contributed by atoms with Crippen LogP contribution in [0.5, 0.6) is 0 Å². The summed E-state index contributed by atoms with van der Waals surface area (Å²) in [5.74, 6) is -1.97. The Morgan fingerprint density at radius 3 is 2.15 bits per heavy atom. The van der Waals surface area contributed by atoms with Gasteiger partial charge in [0.05, 0.1) is 5.92 Å². The van der Waals surface area contributed by atoms with Gasteiger partial charge in [0.15, 0.2) is 0 Å². The summed E-state index contributed by atoms with van der Waals surface area (Å²) in [6, 6.07) is 14.9. The van der Waals surface area contributed by atoms with Crippen LogP contribution < -0.4 is 10.6 Å². The molecule has 7 heteroatoms. The summed E-state index contributed by atoms with van der Waals surface area (Å²) in [6.45, 7) is 5.71. The first-order valence-corrected chi connectivity index (χ1v) is 11.8. The van der Waals surface area contributed by atoms with Crippen molar-refractivity contribution in [2.24, 2.45) is 11.3 Å². The molecule has 34 heavy (non-hydrogen) atoms. The van der Waals surface area contributed by atoms with E-state index >= 15 is 0 Å². The third kappa shape index (κ3) is 4.79. The highest BCUT2D eigenvalue weighted by molar-refractivity contribution is 5.87. The molecule has 1 saturated carbocycles. The van der Waals surface area contributed by atoms with E-state index in [9.17, 15) is 19.5 Å². The summed E-state index contributed by atoms with van der Waals surface area (Å²) < 4.78 is 5.62. The standard InChI is InChI=1S/C27H32N2O5/c1-27(2,3)23(24(30)28-22-14-8-13-20(22)25(31)32)29-26(33)34-15-21-18-11-6-4-9-16(18)17-10-5-7-12-19(17)21/h4-7,9-12,20-23H,8,13-15H2,1-3H3,(H,28,30)(H,29,33)(H,31,32)/t20-,22+,23+/m1/s1. The molecule has 0 aromatic heterocycles. The van der Waals surface area contributed by atoms with Crippen molar-refractivity contribution in [3.63, 3.8) is 0 Å². The highest BCUT2D eigenvalue weighted by Crippen LogP contribution is 2.44. The zero-order chi connectivity index (χ0) is 24.5. The molecule has 2 aromatic rings. The molecule has 0 spiro atoms. The summed E-state index contributed by atoms with van der Waals surface area (Å²) in [5, 5.41) is 15.0. The molecule has 0 bridgehead atoms. The monoisotopic (exact) mass is 464 g/mol.